The van der Waals surface area contributed by atoms with Gasteiger partial charge in [-0.2, -0.15) is 0 Å². The van der Waals surface area contributed by atoms with Crippen LogP contribution in [0.25, 0.3) is 0 Å². The summed E-state index contributed by atoms with van der Waals surface area (Å²) >= 11 is 0. The molecule has 3 fully saturated rings. The molecule has 1 aromatic rings. The van der Waals surface area contributed by atoms with Crippen molar-refractivity contribution >= 4 is 5.91 Å². The van der Waals surface area contributed by atoms with Crippen molar-refractivity contribution in [2.75, 3.05) is 26.2 Å². The summed E-state index contributed by atoms with van der Waals surface area (Å²) in [4.78, 5) is 14.9. The molecule has 0 radical (unpaired) electrons. The fourth-order valence-electron chi connectivity index (χ4n) is 5.47. The lowest BCUT2D eigenvalue weighted by Gasteiger charge is -2.34. The van der Waals surface area contributed by atoms with Gasteiger partial charge in [0.1, 0.15) is 5.76 Å². The summed E-state index contributed by atoms with van der Waals surface area (Å²) in [7, 11) is 0. The van der Waals surface area contributed by atoms with Crippen LogP contribution in [0.4, 0.5) is 0 Å². The molecule has 2 aliphatic heterocycles. The SMILES string of the molecule is O=C(C[C@@H]1CCNC[C@H]1Cc1cc(CC2CCCCC2)on1)N1CCCCC1. The van der Waals surface area contributed by atoms with Gasteiger partial charge in [0.25, 0.3) is 0 Å². The van der Waals surface area contributed by atoms with Gasteiger partial charge in [-0.05, 0) is 62.9 Å². The minimum absolute atomic E-state index is 0.370. The highest BCUT2D eigenvalue weighted by atomic mass is 16.5. The third-order valence-electron chi connectivity index (χ3n) is 7.20. The van der Waals surface area contributed by atoms with E-state index in [4.69, 9.17) is 4.52 Å². The number of piperidine rings is 2. The molecule has 0 unspecified atom stereocenters. The molecule has 28 heavy (non-hydrogen) atoms. The van der Waals surface area contributed by atoms with Crippen molar-refractivity contribution in [2.24, 2.45) is 17.8 Å². The Morgan fingerprint density at radius 3 is 2.64 bits per heavy atom. The Balaban J connectivity index is 1.31. The summed E-state index contributed by atoms with van der Waals surface area (Å²) in [5.74, 6) is 3.16. The molecule has 4 rings (SSSR count). The van der Waals surface area contributed by atoms with Gasteiger partial charge in [0, 0.05) is 32.0 Å². The molecule has 1 N–H and O–H groups in total. The molecule has 2 saturated heterocycles. The second-order valence-corrected chi connectivity index (χ2v) is 9.36. The summed E-state index contributed by atoms with van der Waals surface area (Å²) in [6, 6.07) is 2.19. The molecule has 156 valence electrons. The smallest absolute Gasteiger partial charge is 0.222 e. The molecule has 5 nitrogen and oxygen atoms in total. The van der Waals surface area contributed by atoms with Crippen LogP contribution in [-0.4, -0.2) is 42.1 Å². The fraction of sp³-hybridized carbons (Fsp3) is 0.826. The molecule has 0 aromatic carbocycles. The van der Waals surface area contributed by atoms with Crippen LogP contribution >= 0.6 is 0 Å². The number of aromatic nitrogens is 1. The highest BCUT2D eigenvalue weighted by Crippen LogP contribution is 2.29. The minimum atomic E-state index is 0.370. The van der Waals surface area contributed by atoms with E-state index in [0.717, 1.165) is 62.8 Å². The maximum absolute atomic E-state index is 12.8. The van der Waals surface area contributed by atoms with Gasteiger partial charge in [-0.3, -0.25) is 4.79 Å². The molecule has 1 amide bonds. The van der Waals surface area contributed by atoms with Crippen molar-refractivity contribution in [3.8, 4) is 0 Å². The third-order valence-corrected chi connectivity index (χ3v) is 7.20. The van der Waals surface area contributed by atoms with E-state index in [9.17, 15) is 4.79 Å². The van der Waals surface area contributed by atoms with Crippen LogP contribution in [0.1, 0.15) is 75.7 Å². The van der Waals surface area contributed by atoms with Crippen LogP contribution in [-0.2, 0) is 17.6 Å². The van der Waals surface area contributed by atoms with Gasteiger partial charge in [-0.1, -0.05) is 37.3 Å². The molecule has 1 aliphatic carbocycles. The van der Waals surface area contributed by atoms with Crippen LogP contribution in [0.15, 0.2) is 10.6 Å². The Labute approximate surface area is 169 Å². The van der Waals surface area contributed by atoms with Crippen LogP contribution in [0, 0.1) is 17.8 Å². The lowest BCUT2D eigenvalue weighted by Crippen LogP contribution is -2.42. The zero-order chi connectivity index (χ0) is 19.2. The van der Waals surface area contributed by atoms with Gasteiger partial charge in [0.15, 0.2) is 0 Å². The first-order valence-corrected chi connectivity index (χ1v) is 11.7. The van der Waals surface area contributed by atoms with E-state index >= 15 is 0 Å². The van der Waals surface area contributed by atoms with Crippen LogP contribution < -0.4 is 5.32 Å². The number of hydrogen-bond donors (Lipinski definition) is 1. The maximum atomic E-state index is 12.8. The number of nitrogens with zero attached hydrogens (tertiary/aromatic N) is 2. The second-order valence-electron chi connectivity index (χ2n) is 9.36. The topological polar surface area (TPSA) is 58.4 Å². The van der Waals surface area contributed by atoms with E-state index < -0.39 is 0 Å². The van der Waals surface area contributed by atoms with E-state index in [-0.39, 0.29) is 0 Å². The number of amides is 1. The number of likely N-dealkylation sites (tertiary alicyclic amines) is 1. The first kappa shape index (κ1) is 19.9. The molecule has 1 saturated carbocycles. The first-order chi connectivity index (χ1) is 13.8. The number of rotatable bonds is 6. The van der Waals surface area contributed by atoms with Gasteiger partial charge in [0.05, 0.1) is 5.69 Å². The highest BCUT2D eigenvalue weighted by molar-refractivity contribution is 5.76. The number of carbonyl (C=O) groups is 1. The Morgan fingerprint density at radius 1 is 1.04 bits per heavy atom. The van der Waals surface area contributed by atoms with E-state index in [1.165, 1.54) is 51.4 Å². The molecule has 0 spiro atoms. The van der Waals surface area contributed by atoms with E-state index in [2.05, 4.69) is 21.4 Å². The third kappa shape index (κ3) is 5.37. The van der Waals surface area contributed by atoms with Gasteiger partial charge >= 0.3 is 0 Å². The quantitative estimate of drug-likeness (QED) is 0.802. The van der Waals surface area contributed by atoms with Crippen molar-refractivity contribution in [3.05, 3.63) is 17.5 Å². The zero-order valence-corrected chi connectivity index (χ0v) is 17.3. The Bertz CT molecular complexity index is 617. The average Bonchev–Trinajstić information content (AvgIpc) is 3.17. The Kier molecular flexibility index (Phi) is 7.05. The Morgan fingerprint density at radius 2 is 1.82 bits per heavy atom. The predicted molar refractivity (Wildman–Crippen MR) is 110 cm³/mol. The molecule has 5 heteroatoms. The van der Waals surface area contributed by atoms with Gasteiger partial charge in [0.2, 0.25) is 5.91 Å². The summed E-state index contributed by atoms with van der Waals surface area (Å²) < 4.78 is 5.67. The van der Waals surface area contributed by atoms with Gasteiger partial charge in [-0.15, -0.1) is 0 Å². The summed E-state index contributed by atoms with van der Waals surface area (Å²) in [6.45, 7) is 3.94. The largest absolute Gasteiger partial charge is 0.361 e. The molecular weight excluding hydrogens is 350 g/mol. The first-order valence-electron chi connectivity index (χ1n) is 11.7. The zero-order valence-electron chi connectivity index (χ0n) is 17.3. The van der Waals surface area contributed by atoms with E-state index in [1.54, 1.807) is 0 Å². The normalized spacial score (nSPS) is 27.1. The second kappa shape index (κ2) is 9.91. The summed E-state index contributed by atoms with van der Waals surface area (Å²) in [6.07, 6.45) is 14.2. The van der Waals surface area contributed by atoms with E-state index in [0.29, 0.717) is 24.2 Å². The lowest BCUT2D eigenvalue weighted by atomic mass is 9.80. The van der Waals surface area contributed by atoms with Crippen molar-refractivity contribution < 1.29 is 9.32 Å². The molecule has 0 bridgehead atoms. The van der Waals surface area contributed by atoms with E-state index in [1.807, 2.05) is 0 Å². The number of nitrogens with one attached hydrogen (secondary N) is 1. The predicted octanol–water partition coefficient (Wildman–Crippen LogP) is 3.97. The van der Waals surface area contributed by atoms with Crippen LogP contribution in [0.2, 0.25) is 0 Å². The number of carbonyl (C=O) groups excluding carboxylic acids is 1. The van der Waals surface area contributed by atoms with Crippen molar-refractivity contribution in [1.82, 2.24) is 15.4 Å². The average molecular weight is 388 g/mol. The molecule has 3 aliphatic rings. The highest BCUT2D eigenvalue weighted by Gasteiger charge is 2.30. The fourth-order valence-corrected chi connectivity index (χ4v) is 5.47. The minimum Gasteiger partial charge on any atom is -0.361 e. The lowest BCUT2D eigenvalue weighted by molar-refractivity contribution is -0.133. The van der Waals surface area contributed by atoms with Crippen molar-refractivity contribution in [2.45, 2.75) is 77.0 Å². The molecule has 2 atom stereocenters. The van der Waals surface area contributed by atoms with Crippen LogP contribution in [0.3, 0.4) is 0 Å². The van der Waals surface area contributed by atoms with Gasteiger partial charge < -0.3 is 14.7 Å². The molecule has 3 heterocycles. The Hall–Kier alpha value is -1.36. The molecule has 1 aromatic heterocycles. The summed E-state index contributed by atoms with van der Waals surface area (Å²) in [5.41, 5.74) is 1.08. The maximum Gasteiger partial charge on any atom is 0.222 e. The molecular formula is C23H37N3O2. The summed E-state index contributed by atoms with van der Waals surface area (Å²) in [5, 5.41) is 7.91. The monoisotopic (exact) mass is 387 g/mol. The number of hydrogen-bond acceptors (Lipinski definition) is 4. The van der Waals surface area contributed by atoms with Crippen LogP contribution in [0.5, 0.6) is 0 Å². The standard InChI is InChI=1S/C23H37N3O2/c27-23(26-11-5-2-6-12-26)15-19-9-10-24-17-20(19)14-21-16-22(28-25-21)13-18-7-3-1-4-8-18/h16,18-20,24H,1-15,17H2/t19-,20+/m0/s1. The van der Waals surface area contributed by atoms with Crippen molar-refractivity contribution in [1.29, 1.82) is 0 Å². The van der Waals surface area contributed by atoms with Crippen molar-refractivity contribution in [3.63, 3.8) is 0 Å². The van der Waals surface area contributed by atoms with Gasteiger partial charge in [-0.25, -0.2) is 0 Å².